The summed E-state index contributed by atoms with van der Waals surface area (Å²) in [6.07, 6.45) is 1.16. The summed E-state index contributed by atoms with van der Waals surface area (Å²) < 4.78 is 12.9. The fourth-order valence-corrected chi connectivity index (χ4v) is 2.98. The molecule has 0 spiro atoms. The first-order chi connectivity index (χ1) is 12.1. The molecule has 4 nitrogen and oxygen atoms in total. The van der Waals surface area contributed by atoms with E-state index in [0.29, 0.717) is 13.1 Å². The maximum Gasteiger partial charge on any atom is 0.227 e. The van der Waals surface area contributed by atoms with Gasteiger partial charge in [-0.15, -0.1) is 0 Å². The van der Waals surface area contributed by atoms with Crippen molar-refractivity contribution < 1.29 is 14.0 Å². The van der Waals surface area contributed by atoms with Crippen molar-refractivity contribution in [3.63, 3.8) is 0 Å². The van der Waals surface area contributed by atoms with E-state index in [-0.39, 0.29) is 30.0 Å². The van der Waals surface area contributed by atoms with Gasteiger partial charge in [0.2, 0.25) is 11.8 Å². The molecule has 1 aliphatic heterocycles. The van der Waals surface area contributed by atoms with Gasteiger partial charge >= 0.3 is 0 Å². The van der Waals surface area contributed by atoms with Crippen molar-refractivity contribution in [2.24, 2.45) is 5.92 Å². The van der Waals surface area contributed by atoms with E-state index in [1.165, 1.54) is 17.7 Å². The minimum absolute atomic E-state index is 0.0359. The van der Waals surface area contributed by atoms with Crippen molar-refractivity contribution >= 4 is 17.5 Å². The summed E-state index contributed by atoms with van der Waals surface area (Å²) in [5.41, 5.74) is 2.87. The number of halogens is 1. The first-order valence-electron chi connectivity index (χ1n) is 8.48. The molecule has 0 bridgehead atoms. The van der Waals surface area contributed by atoms with Crippen molar-refractivity contribution in [1.82, 2.24) is 5.32 Å². The Morgan fingerprint density at radius 2 is 1.76 bits per heavy atom. The van der Waals surface area contributed by atoms with Crippen LogP contribution in [0.4, 0.5) is 10.1 Å². The molecule has 5 heteroatoms. The summed E-state index contributed by atoms with van der Waals surface area (Å²) in [7, 11) is 0. The van der Waals surface area contributed by atoms with Crippen LogP contribution in [0.1, 0.15) is 24.5 Å². The Kier molecular flexibility index (Phi) is 5.12. The van der Waals surface area contributed by atoms with E-state index in [1.807, 2.05) is 24.3 Å². The topological polar surface area (TPSA) is 49.4 Å². The van der Waals surface area contributed by atoms with Crippen LogP contribution in [0, 0.1) is 11.7 Å². The molecule has 2 aromatic carbocycles. The highest BCUT2D eigenvalue weighted by molar-refractivity contribution is 6.00. The van der Waals surface area contributed by atoms with Crippen molar-refractivity contribution in [3.8, 4) is 0 Å². The van der Waals surface area contributed by atoms with Gasteiger partial charge in [0.1, 0.15) is 5.82 Å². The highest BCUT2D eigenvalue weighted by Crippen LogP contribution is 2.25. The Balaban J connectivity index is 1.59. The zero-order valence-electron chi connectivity index (χ0n) is 14.2. The van der Waals surface area contributed by atoms with E-state index in [2.05, 4.69) is 12.2 Å². The highest BCUT2D eigenvalue weighted by atomic mass is 19.1. The minimum atomic E-state index is -0.362. The van der Waals surface area contributed by atoms with E-state index < -0.39 is 0 Å². The van der Waals surface area contributed by atoms with Gasteiger partial charge in [-0.25, -0.2) is 4.39 Å². The average Bonchev–Trinajstić information content (AvgIpc) is 3.03. The lowest BCUT2D eigenvalue weighted by molar-refractivity contribution is -0.126. The number of amides is 2. The summed E-state index contributed by atoms with van der Waals surface area (Å²) >= 11 is 0. The van der Waals surface area contributed by atoms with Gasteiger partial charge in [-0.05, 0) is 41.8 Å². The molecule has 1 heterocycles. The number of benzene rings is 2. The monoisotopic (exact) mass is 340 g/mol. The van der Waals surface area contributed by atoms with Crippen LogP contribution in [-0.4, -0.2) is 18.4 Å². The first-order valence-corrected chi connectivity index (χ1v) is 8.48. The Morgan fingerprint density at radius 1 is 1.12 bits per heavy atom. The van der Waals surface area contributed by atoms with Crippen LogP contribution < -0.4 is 10.2 Å². The molecular formula is C20H21FN2O2. The molecule has 130 valence electrons. The summed E-state index contributed by atoms with van der Waals surface area (Å²) in [5.74, 6) is -0.850. The minimum Gasteiger partial charge on any atom is -0.352 e. The number of nitrogens with one attached hydrogen (secondary N) is 1. The largest absolute Gasteiger partial charge is 0.352 e. The molecule has 0 radical (unpaired) electrons. The third kappa shape index (κ3) is 4.05. The van der Waals surface area contributed by atoms with Crippen molar-refractivity contribution in [3.05, 3.63) is 65.5 Å². The average molecular weight is 340 g/mol. The van der Waals surface area contributed by atoms with Crippen LogP contribution in [0.15, 0.2) is 48.5 Å². The van der Waals surface area contributed by atoms with Gasteiger partial charge < -0.3 is 10.2 Å². The quantitative estimate of drug-likeness (QED) is 0.909. The number of aryl methyl sites for hydroxylation is 1. The van der Waals surface area contributed by atoms with Crippen LogP contribution in [0.2, 0.25) is 0 Å². The van der Waals surface area contributed by atoms with Crippen LogP contribution in [0.5, 0.6) is 0 Å². The summed E-state index contributed by atoms with van der Waals surface area (Å²) in [5, 5.41) is 2.83. The fourth-order valence-electron chi connectivity index (χ4n) is 2.98. The zero-order valence-corrected chi connectivity index (χ0v) is 14.2. The van der Waals surface area contributed by atoms with Crippen LogP contribution in [-0.2, 0) is 22.6 Å². The summed E-state index contributed by atoms with van der Waals surface area (Å²) in [4.78, 5) is 26.3. The van der Waals surface area contributed by atoms with Gasteiger partial charge in [0.05, 0.1) is 5.92 Å². The second-order valence-electron chi connectivity index (χ2n) is 6.27. The van der Waals surface area contributed by atoms with E-state index in [0.717, 1.165) is 17.7 Å². The second-order valence-corrected chi connectivity index (χ2v) is 6.27. The normalized spacial score (nSPS) is 17.0. The number of hydrogen-bond acceptors (Lipinski definition) is 2. The summed E-state index contributed by atoms with van der Waals surface area (Å²) in [6.45, 7) is 2.80. The smallest absolute Gasteiger partial charge is 0.227 e. The molecule has 1 fully saturated rings. The molecule has 0 aromatic heterocycles. The Bertz CT molecular complexity index is 756. The Labute approximate surface area is 146 Å². The van der Waals surface area contributed by atoms with Gasteiger partial charge in [-0.3, -0.25) is 9.59 Å². The lowest BCUT2D eigenvalue weighted by Gasteiger charge is -2.17. The number of rotatable bonds is 5. The Hall–Kier alpha value is -2.69. The van der Waals surface area contributed by atoms with Gasteiger partial charge in [0, 0.05) is 25.2 Å². The molecule has 0 unspecified atom stereocenters. The van der Waals surface area contributed by atoms with E-state index in [4.69, 9.17) is 0 Å². The molecule has 25 heavy (non-hydrogen) atoms. The molecule has 2 aromatic rings. The third-order valence-electron chi connectivity index (χ3n) is 4.53. The molecule has 0 aliphatic carbocycles. The predicted molar refractivity (Wildman–Crippen MR) is 94.5 cm³/mol. The maximum atomic E-state index is 12.9. The van der Waals surface area contributed by atoms with E-state index in [1.54, 1.807) is 17.0 Å². The van der Waals surface area contributed by atoms with Gasteiger partial charge in [-0.1, -0.05) is 31.2 Å². The van der Waals surface area contributed by atoms with Crippen molar-refractivity contribution in [2.45, 2.75) is 26.3 Å². The van der Waals surface area contributed by atoms with E-state index >= 15 is 0 Å². The fraction of sp³-hybridized carbons (Fsp3) is 0.300. The van der Waals surface area contributed by atoms with Crippen LogP contribution in [0.3, 0.4) is 0 Å². The SMILES string of the molecule is CCc1ccc(N2C[C@@H](C(=O)NCc3ccc(F)cc3)CC2=O)cc1. The molecule has 2 amide bonds. The van der Waals surface area contributed by atoms with Crippen molar-refractivity contribution in [2.75, 3.05) is 11.4 Å². The van der Waals surface area contributed by atoms with Crippen molar-refractivity contribution in [1.29, 1.82) is 0 Å². The van der Waals surface area contributed by atoms with Crippen LogP contribution >= 0.6 is 0 Å². The predicted octanol–water partition coefficient (Wildman–Crippen LogP) is 3.06. The number of carbonyl (C=O) groups excluding carboxylic acids is 2. The molecule has 1 aliphatic rings. The lowest BCUT2D eigenvalue weighted by Crippen LogP contribution is -2.32. The van der Waals surface area contributed by atoms with Gasteiger partial charge in [0.15, 0.2) is 0 Å². The van der Waals surface area contributed by atoms with Crippen LogP contribution in [0.25, 0.3) is 0 Å². The molecule has 0 saturated carbocycles. The second kappa shape index (κ2) is 7.47. The number of nitrogens with zero attached hydrogens (tertiary/aromatic N) is 1. The Morgan fingerprint density at radius 3 is 2.40 bits per heavy atom. The molecule has 1 N–H and O–H groups in total. The highest BCUT2D eigenvalue weighted by Gasteiger charge is 2.34. The van der Waals surface area contributed by atoms with Gasteiger partial charge in [0.25, 0.3) is 0 Å². The van der Waals surface area contributed by atoms with E-state index in [9.17, 15) is 14.0 Å². The number of carbonyl (C=O) groups is 2. The maximum absolute atomic E-state index is 12.9. The lowest BCUT2D eigenvalue weighted by atomic mass is 10.1. The molecule has 3 rings (SSSR count). The third-order valence-corrected chi connectivity index (χ3v) is 4.53. The first kappa shape index (κ1) is 17.1. The molecule has 1 atom stereocenters. The number of anilines is 1. The standard InChI is InChI=1S/C20H21FN2O2/c1-2-14-5-9-18(10-6-14)23-13-16(11-19(23)24)20(25)22-12-15-3-7-17(21)8-4-15/h3-10,16H,2,11-13H2,1H3,(H,22,25)/t16-/m0/s1. The van der Waals surface area contributed by atoms with Gasteiger partial charge in [-0.2, -0.15) is 0 Å². The molecular weight excluding hydrogens is 319 g/mol. The zero-order chi connectivity index (χ0) is 17.8. The molecule has 1 saturated heterocycles. The summed E-state index contributed by atoms with van der Waals surface area (Å²) in [6, 6.07) is 13.9. The number of hydrogen-bond donors (Lipinski definition) is 1.